The summed E-state index contributed by atoms with van der Waals surface area (Å²) in [6.45, 7) is 4.72. The van der Waals surface area contributed by atoms with Crippen LogP contribution in [0.1, 0.15) is 25.0 Å². The fourth-order valence-electron chi connectivity index (χ4n) is 7.21. The standard InChI is InChI=1S/C41H28O/c1-41(2)36-24-29(18-19-32(36)34-21-27-8-3-4-9-28(27)23-37(34)41)25-14-16-26(17-15-25)31-20-30-10-7-13-39-40(30)35(22-31)33-11-5-6-12-38(33)42-39/h3-24H,1-2H3. The lowest BCUT2D eigenvalue weighted by Crippen LogP contribution is -2.15. The monoisotopic (exact) mass is 536 g/mol. The minimum atomic E-state index is -0.0456. The van der Waals surface area contributed by atoms with Crippen LogP contribution in [-0.4, -0.2) is 0 Å². The molecule has 0 saturated heterocycles. The van der Waals surface area contributed by atoms with E-state index in [0.717, 1.165) is 17.1 Å². The molecule has 0 saturated carbocycles. The van der Waals surface area contributed by atoms with E-state index in [4.69, 9.17) is 4.74 Å². The largest absolute Gasteiger partial charge is 0.456 e. The predicted octanol–water partition coefficient (Wildman–Crippen LogP) is 11.4. The zero-order valence-electron chi connectivity index (χ0n) is 23.6. The van der Waals surface area contributed by atoms with Crippen molar-refractivity contribution in [2.75, 3.05) is 0 Å². The normalized spacial score (nSPS) is 13.9. The van der Waals surface area contributed by atoms with Crippen LogP contribution in [0.3, 0.4) is 0 Å². The summed E-state index contributed by atoms with van der Waals surface area (Å²) in [6, 6.07) is 48.8. The Balaban J connectivity index is 1.12. The van der Waals surface area contributed by atoms with Crippen LogP contribution in [0.5, 0.6) is 11.5 Å². The Bertz CT molecular complexity index is 2230. The molecule has 0 atom stereocenters. The van der Waals surface area contributed by atoms with Crippen molar-refractivity contribution in [1.82, 2.24) is 0 Å². The minimum Gasteiger partial charge on any atom is -0.456 e. The van der Waals surface area contributed by atoms with Gasteiger partial charge < -0.3 is 4.74 Å². The van der Waals surface area contributed by atoms with E-state index in [1.165, 1.54) is 71.6 Å². The molecule has 2 aliphatic rings. The molecular formula is C41H28O. The fraction of sp³-hybridized carbons (Fsp3) is 0.0732. The maximum Gasteiger partial charge on any atom is 0.135 e. The molecule has 1 aliphatic carbocycles. The van der Waals surface area contributed by atoms with Gasteiger partial charge in [-0.15, -0.1) is 0 Å². The van der Waals surface area contributed by atoms with Crippen molar-refractivity contribution in [1.29, 1.82) is 0 Å². The van der Waals surface area contributed by atoms with Crippen LogP contribution < -0.4 is 4.74 Å². The summed E-state index contributed by atoms with van der Waals surface area (Å²) in [4.78, 5) is 0. The Morgan fingerprint density at radius 2 is 1.05 bits per heavy atom. The number of benzene rings is 7. The van der Waals surface area contributed by atoms with Crippen LogP contribution >= 0.6 is 0 Å². The number of ether oxygens (including phenoxy) is 1. The van der Waals surface area contributed by atoms with Crippen LogP contribution in [-0.2, 0) is 5.41 Å². The Kier molecular flexibility index (Phi) is 4.73. The molecule has 7 aromatic rings. The van der Waals surface area contributed by atoms with Gasteiger partial charge in [-0.05, 0) is 109 Å². The summed E-state index contributed by atoms with van der Waals surface area (Å²) >= 11 is 0. The second kappa shape index (κ2) is 8.44. The number of para-hydroxylation sites is 1. The van der Waals surface area contributed by atoms with E-state index in [2.05, 4.69) is 141 Å². The average molecular weight is 537 g/mol. The Morgan fingerprint density at radius 3 is 1.88 bits per heavy atom. The zero-order chi connectivity index (χ0) is 28.0. The van der Waals surface area contributed by atoms with Crippen LogP contribution in [0.4, 0.5) is 0 Å². The van der Waals surface area contributed by atoms with Crippen LogP contribution in [0.25, 0.3) is 66.1 Å². The molecule has 7 aromatic carbocycles. The van der Waals surface area contributed by atoms with E-state index in [-0.39, 0.29) is 5.41 Å². The Hall–Kier alpha value is -5.14. The smallest absolute Gasteiger partial charge is 0.135 e. The number of rotatable bonds is 2. The summed E-state index contributed by atoms with van der Waals surface area (Å²) in [5, 5.41) is 5.00. The van der Waals surface area contributed by atoms with Crippen LogP contribution in [0.2, 0.25) is 0 Å². The predicted molar refractivity (Wildman–Crippen MR) is 175 cm³/mol. The third-order valence-corrected chi connectivity index (χ3v) is 9.43. The minimum absolute atomic E-state index is 0.0456. The molecule has 0 N–H and O–H groups in total. The van der Waals surface area contributed by atoms with Gasteiger partial charge in [-0.25, -0.2) is 0 Å². The second-order valence-electron chi connectivity index (χ2n) is 12.2. The molecule has 1 heteroatoms. The van der Waals surface area contributed by atoms with Gasteiger partial charge in [0.05, 0.1) is 0 Å². The fourth-order valence-corrected chi connectivity index (χ4v) is 7.21. The van der Waals surface area contributed by atoms with Gasteiger partial charge in [-0.1, -0.05) is 105 Å². The van der Waals surface area contributed by atoms with Gasteiger partial charge in [0, 0.05) is 16.4 Å². The average Bonchev–Trinajstić information content (AvgIpc) is 3.25. The van der Waals surface area contributed by atoms with Crippen molar-refractivity contribution in [2.45, 2.75) is 19.3 Å². The lowest BCUT2D eigenvalue weighted by Gasteiger charge is -2.22. The Labute approximate surface area is 245 Å². The number of fused-ring (bicyclic) bond motifs is 6. The lowest BCUT2D eigenvalue weighted by molar-refractivity contribution is 0.487. The maximum atomic E-state index is 6.25. The summed E-state index contributed by atoms with van der Waals surface area (Å²) in [6.07, 6.45) is 0. The molecule has 198 valence electrons. The molecule has 42 heavy (non-hydrogen) atoms. The first-order valence-electron chi connectivity index (χ1n) is 14.7. The first kappa shape index (κ1) is 23.6. The Morgan fingerprint density at radius 1 is 0.405 bits per heavy atom. The maximum absolute atomic E-state index is 6.25. The van der Waals surface area contributed by atoms with Crippen molar-refractivity contribution in [3.8, 4) is 56.0 Å². The van der Waals surface area contributed by atoms with E-state index in [1.54, 1.807) is 0 Å². The van der Waals surface area contributed by atoms with Gasteiger partial charge in [-0.3, -0.25) is 0 Å². The third kappa shape index (κ3) is 3.31. The highest BCUT2D eigenvalue weighted by Gasteiger charge is 2.35. The van der Waals surface area contributed by atoms with Gasteiger partial charge in [0.1, 0.15) is 11.5 Å². The van der Waals surface area contributed by atoms with Crippen molar-refractivity contribution >= 4 is 21.5 Å². The van der Waals surface area contributed by atoms with Crippen molar-refractivity contribution in [2.24, 2.45) is 0 Å². The van der Waals surface area contributed by atoms with Crippen LogP contribution in [0.15, 0.2) is 133 Å². The molecule has 0 fully saturated rings. The number of hydrogen-bond donors (Lipinski definition) is 0. The number of hydrogen-bond acceptors (Lipinski definition) is 1. The quantitative estimate of drug-likeness (QED) is 0.213. The summed E-state index contributed by atoms with van der Waals surface area (Å²) < 4.78 is 6.25. The molecule has 1 nitrogen and oxygen atoms in total. The van der Waals surface area contributed by atoms with E-state index in [0.29, 0.717) is 0 Å². The lowest BCUT2D eigenvalue weighted by atomic mass is 9.81. The third-order valence-electron chi connectivity index (χ3n) is 9.43. The highest BCUT2D eigenvalue weighted by atomic mass is 16.5. The highest BCUT2D eigenvalue weighted by Crippen LogP contribution is 2.51. The van der Waals surface area contributed by atoms with E-state index in [9.17, 15) is 0 Å². The summed E-state index contributed by atoms with van der Waals surface area (Å²) in [5.74, 6) is 1.85. The molecular weight excluding hydrogens is 508 g/mol. The van der Waals surface area contributed by atoms with Crippen molar-refractivity contribution in [3.05, 3.63) is 145 Å². The molecule has 1 heterocycles. The van der Waals surface area contributed by atoms with Crippen LogP contribution in [0, 0.1) is 0 Å². The SMILES string of the molecule is CC1(C)c2cc(-c3ccc(-c4cc5c6c(cccc6c4)Oc4ccccc4-5)cc3)ccc2-c2cc3ccccc3cc21. The van der Waals surface area contributed by atoms with Crippen molar-refractivity contribution < 1.29 is 4.74 Å². The second-order valence-corrected chi connectivity index (χ2v) is 12.2. The van der Waals surface area contributed by atoms with E-state index >= 15 is 0 Å². The van der Waals surface area contributed by atoms with Gasteiger partial charge in [0.15, 0.2) is 0 Å². The zero-order valence-corrected chi connectivity index (χ0v) is 23.6. The van der Waals surface area contributed by atoms with E-state index < -0.39 is 0 Å². The molecule has 1 aliphatic heterocycles. The van der Waals surface area contributed by atoms with Gasteiger partial charge in [-0.2, -0.15) is 0 Å². The van der Waals surface area contributed by atoms with E-state index in [1.807, 2.05) is 6.07 Å². The van der Waals surface area contributed by atoms with Gasteiger partial charge in [0.2, 0.25) is 0 Å². The van der Waals surface area contributed by atoms with Gasteiger partial charge in [0.25, 0.3) is 0 Å². The molecule has 0 radical (unpaired) electrons. The molecule has 0 aromatic heterocycles. The van der Waals surface area contributed by atoms with Crippen molar-refractivity contribution in [3.63, 3.8) is 0 Å². The molecule has 0 spiro atoms. The molecule has 0 unspecified atom stereocenters. The van der Waals surface area contributed by atoms with Gasteiger partial charge >= 0.3 is 0 Å². The summed E-state index contributed by atoms with van der Waals surface area (Å²) in [5.41, 5.74) is 12.8. The molecule has 0 amide bonds. The summed E-state index contributed by atoms with van der Waals surface area (Å²) in [7, 11) is 0. The molecule has 9 rings (SSSR count). The molecule has 0 bridgehead atoms. The first-order valence-corrected chi connectivity index (χ1v) is 14.7. The highest BCUT2D eigenvalue weighted by molar-refractivity contribution is 6.06. The topological polar surface area (TPSA) is 9.23 Å². The first-order chi connectivity index (χ1) is 20.5.